The average Bonchev–Trinajstić information content (AvgIpc) is 3.68. The second kappa shape index (κ2) is 12.6. The second-order valence-corrected chi connectivity index (χ2v) is 11.0. The van der Waals surface area contributed by atoms with Crippen LogP contribution < -0.4 is 19.6 Å². The van der Waals surface area contributed by atoms with Gasteiger partial charge in [-0.25, -0.2) is 14.6 Å². The molecule has 9 nitrogen and oxygen atoms in total. The van der Waals surface area contributed by atoms with Crippen LogP contribution in [0.5, 0.6) is 5.75 Å². The van der Waals surface area contributed by atoms with Crippen molar-refractivity contribution in [1.29, 1.82) is 0 Å². The molecule has 0 unspecified atom stereocenters. The summed E-state index contributed by atoms with van der Waals surface area (Å²) in [5.74, 6) is 0.694. The summed E-state index contributed by atoms with van der Waals surface area (Å²) in [6.07, 6.45) is 1.66. The third-order valence-corrected chi connectivity index (χ3v) is 8.28. The molecule has 0 fully saturated rings. The Bertz CT molecular complexity index is 2090. The van der Waals surface area contributed by atoms with Crippen LogP contribution in [0, 0.1) is 0 Å². The molecule has 2 aromatic heterocycles. The van der Waals surface area contributed by atoms with E-state index in [9.17, 15) is 14.4 Å². The summed E-state index contributed by atoms with van der Waals surface area (Å²) in [7, 11) is 2.91. The van der Waals surface area contributed by atoms with Gasteiger partial charge < -0.3 is 18.6 Å². The van der Waals surface area contributed by atoms with E-state index in [2.05, 4.69) is 0 Å². The fraction of sp³-hybridized carbons (Fsp3) is 0.143. The highest BCUT2D eigenvalue weighted by Gasteiger charge is 2.35. The van der Waals surface area contributed by atoms with Crippen LogP contribution in [0.15, 0.2) is 111 Å². The maximum absolute atomic E-state index is 14.1. The summed E-state index contributed by atoms with van der Waals surface area (Å²) in [6, 6.07) is 26.2. The molecular formula is C35H28N2O7S. The topological polar surface area (TPSA) is 109 Å². The number of carbonyl (C=O) groups excluding carboxylic acids is 2. The summed E-state index contributed by atoms with van der Waals surface area (Å²) < 4.78 is 23.6. The number of esters is 2. The predicted molar refractivity (Wildman–Crippen MR) is 170 cm³/mol. The lowest BCUT2D eigenvalue weighted by molar-refractivity contribution is -0.138. The van der Waals surface area contributed by atoms with Gasteiger partial charge in [-0.2, -0.15) is 0 Å². The molecule has 0 saturated carbocycles. The Hall–Kier alpha value is -5.48. The van der Waals surface area contributed by atoms with Crippen LogP contribution in [-0.2, 0) is 14.3 Å². The number of nitrogens with zero attached hydrogens (tertiary/aromatic N) is 2. The van der Waals surface area contributed by atoms with Gasteiger partial charge in [0.2, 0.25) is 0 Å². The smallest absolute Gasteiger partial charge is 0.338 e. The number of furan rings is 1. The van der Waals surface area contributed by atoms with Crippen molar-refractivity contribution in [2.24, 2.45) is 4.99 Å². The van der Waals surface area contributed by atoms with Crippen LogP contribution in [-0.4, -0.2) is 37.3 Å². The summed E-state index contributed by atoms with van der Waals surface area (Å²) >= 11 is 1.21. The third-order valence-electron chi connectivity index (χ3n) is 7.30. The van der Waals surface area contributed by atoms with Gasteiger partial charge in [-0.05, 0) is 48.9 Å². The van der Waals surface area contributed by atoms with Crippen LogP contribution in [0.25, 0.3) is 23.1 Å². The molecule has 0 radical (unpaired) electrons. The summed E-state index contributed by atoms with van der Waals surface area (Å²) in [5, 5.41) is 0. The number of methoxy groups -OCH3 is 2. The van der Waals surface area contributed by atoms with Gasteiger partial charge in [0, 0.05) is 17.2 Å². The van der Waals surface area contributed by atoms with Gasteiger partial charge in [0.05, 0.1) is 48.2 Å². The molecule has 45 heavy (non-hydrogen) atoms. The number of fused-ring (bicyclic) bond motifs is 1. The van der Waals surface area contributed by atoms with E-state index in [0.29, 0.717) is 43.4 Å². The van der Waals surface area contributed by atoms with Crippen molar-refractivity contribution in [3.8, 4) is 17.1 Å². The number of thiazole rings is 1. The first-order valence-corrected chi connectivity index (χ1v) is 14.9. The van der Waals surface area contributed by atoms with Gasteiger partial charge in [0.25, 0.3) is 5.56 Å². The van der Waals surface area contributed by atoms with Crippen molar-refractivity contribution in [2.45, 2.75) is 13.0 Å². The fourth-order valence-electron chi connectivity index (χ4n) is 5.15. The van der Waals surface area contributed by atoms with E-state index >= 15 is 0 Å². The van der Waals surface area contributed by atoms with E-state index in [0.717, 1.165) is 11.1 Å². The Balaban J connectivity index is 1.50. The molecule has 0 aliphatic carbocycles. The van der Waals surface area contributed by atoms with E-state index in [1.54, 1.807) is 68.6 Å². The zero-order valence-corrected chi connectivity index (χ0v) is 25.5. The molecule has 0 saturated heterocycles. The lowest BCUT2D eigenvalue weighted by Crippen LogP contribution is -2.40. The molecule has 3 aromatic carbocycles. The van der Waals surface area contributed by atoms with E-state index < -0.39 is 18.0 Å². The van der Waals surface area contributed by atoms with Gasteiger partial charge in [-0.15, -0.1) is 0 Å². The number of carbonyl (C=O) groups is 2. The molecule has 1 aliphatic heterocycles. The van der Waals surface area contributed by atoms with Crippen LogP contribution in [0.3, 0.4) is 0 Å². The minimum Gasteiger partial charge on any atom is -0.497 e. The van der Waals surface area contributed by atoms with E-state index in [1.807, 2.05) is 42.5 Å². The number of rotatable bonds is 8. The zero-order valence-electron chi connectivity index (χ0n) is 24.7. The maximum Gasteiger partial charge on any atom is 0.338 e. The fourth-order valence-corrected chi connectivity index (χ4v) is 6.13. The Morgan fingerprint density at radius 1 is 0.911 bits per heavy atom. The number of hydrogen-bond donors (Lipinski definition) is 0. The van der Waals surface area contributed by atoms with Gasteiger partial charge in [0.1, 0.15) is 17.3 Å². The summed E-state index contributed by atoms with van der Waals surface area (Å²) in [5.41, 5.74) is 3.00. The minimum atomic E-state index is -0.802. The number of ether oxygens (including phenoxy) is 3. The Labute approximate surface area is 262 Å². The highest BCUT2D eigenvalue weighted by molar-refractivity contribution is 7.07. The quantitative estimate of drug-likeness (QED) is 0.225. The molecule has 226 valence electrons. The molecule has 0 spiro atoms. The molecule has 0 N–H and O–H groups in total. The first kappa shape index (κ1) is 29.6. The van der Waals surface area contributed by atoms with Crippen molar-refractivity contribution >= 4 is 35.0 Å². The lowest BCUT2D eigenvalue weighted by atomic mass is 9.93. The zero-order chi connectivity index (χ0) is 31.5. The molecule has 6 rings (SSSR count). The number of hydrogen-bond acceptors (Lipinski definition) is 9. The minimum absolute atomic E-state index is 0.163. The van der Waals surface area contributed by atoms with Crippen molar-refractivity contribution in [1.82, 2.24) is 4.57 Å². The predicted octanol–water partition coefficient (Wildman–Crippen LogP) is 4.99. The molecule has 1 atom stereocenters. The Kier molecular flexibility index (Phi) is 8.30. The van der Waals surface area contributed by atoms with Gasteiger partial charge in [-0.1, -0.05) is 65.9 Å². The highest BCUT2D eigenvalue weighted by Crippen LogP contribution is 2.35. The maximum atomic E-state index is 14.1. The second-order valence-electron chi connectivity index (χ2n) is 9.98. The molecule has 5 aromatic rings. The first-order valence-electron chi connectivity index (χ1n) is 14.1. The Morgan fingerprint density at radius 2 is 1.64 bits per heavy atom. The van der Waals surface area contributed by atoms with Gasteiger partial charge >= 0.3 is 11.9 Å². The van der Waals surface area contributed by atoms with Gasteiger partial charge in [-0.3, -0.25) is 9.36 Å². The highest BCUT2D eigenvalue weighted by atomic mass is 32.1. The lowest BCUT2D eigenvalue weighted by Gasteiger charge is -2.26. The summed E-state index contributed by atoms with van der Waals surface area (Å²) in [4.78, 5) is 44.8. The summed E-state index contributed by atoms with van der Waals surface area (Å²) in [6.45, 7) is 1.90. The van der Waals surface area contributed by atoms with Crippen LogP contribution in [0.1, 0.15) is 40.2 Å². The van der Waals surface area contributed by atoms with Crippen molar-refractivity contribution in [2.75, 3.05) is 20.8 Å². The van der Waals surface area contributed by atoms with Crippen LogP contribution >= 0.6 is 11.3 Å². The van der Waals surface area contributed by atoms with E-state index in [-0.39, 0.29) is 17.7 Å². The van der Waals surface area contributed by atoms with Crippen LogP contribution in [0.2, 0.25) is 0 Å². The van der Waals surface area contributed by atoms with E-state index in [1.165, 1.54) is 23.0 Å². The molecule has 1 aliphatic rings. The monoisotopic (exact) mass is 620 g/mol. The van der Waals surface area contributed by atoms with E-state index in [4.69, 9.17) is 23.6 Å². The molecule has 0 amide bonds. The van der Waals surface area contributed by atoms with Crippen molar-refractivity contribution < 1.29 is 28.2 Å². The molecular weight excluding hydrogens is 592 g/mol. The molecule has 3 heterocycles. The SMILES string of the molecule is CCOC(=O)C1=C(c2ccccc2)N=c2s/c(=C\c3ccc(-c4ccc(C(=O)OC)cc4)o3)c(=O)n2[C@@H]1c1ccc(OC)cc1. The number of benzene rings is 3. The largest absolute Gasteiger partial charge is 0.497 e. The third kappa shape index (κ3) is 5.75. The van der Waals surface area contributed by atoms with Crippen molar-refractivity contribution in [3.05, 3.63) is 139 Å². The first-order chi connectivity index (χ1) is 21.9. The van der Waals surface area contributed by atoms with Crippen molar-refractivity contribution in [3.63, 3.8) is 0 Å². The normalized spacial score (nSPS) is 14.5. The Morgan fingerprint density at radius 3 is 2.31 bits per heavy atom. The number of aromatic nitrogens is 1. The standard InChI is InChI=1S/C35H28N2O7S/c1-4-43-34(40)29-30(22-8-6-5-7-9-22)36-35-37(31(29)23-14-16-25(41-2)17-15-23)32(38)28(45-35)20-26-18-19-27(44-26)21-10-12-24(13-11-21)33(39)42-3/h5-20,31H,4H2,1-3H3/b28-20-/t31-/m1/s1. The molecule has 10 heteroatoms. The van der Waals surface area contributed by atoms with Crippen LogP contribution in [0.4, 0.5) is 0 Å². The molecule has 0 bridgehead atoms. The van der Waals surface area contributed by atoms with Gasteiger partial charge in [0.15, 0.2) is 4.80 Å². The average molecular weight is 621 g/mol.